The van der Waals surface area contributed by atoms with E-state index >= 15 is 0 Å². The van der Waals surface area contributed by atoms with Gasteiger partial charge in [0.25, 0.3) is 0 Å². The Morgan fingerprint density at radius 3 is 2.75 bits per heavy atom. The van der Waals surface area contributed by atoms with Gasteiger partial charge in [0.05, 0.1) is 19.3 Å². The molecule has 0 saturated carbocycles. The highest BCUT2D eigenvalue weighted by Gasteiger charge is 2.37. The molecule has 3 rings (SSSR count). The van der Waals surface area contributed by atoms with Crippen LogP contribution in [0, 0.1) is 0 Å². The minimum atomic E-state index is -0.150. The van der Waals surface area contributed by atoms with Gasteiger partial charge >= 0.3 is 0 Å². The Hall–Kier alpha value is -1.85. The maximum absolute atomic E-state index is 11.5. The van der Waals surface area contributed by atoms with Crippen LogP contribution in [0.3, 0.4) is 0 Å². The number of carbonyl (C=O) groups excluding carboxylic acids is 1. The van der Waals surface area contributed by atoms with Crippen molar-refractivity contribution < 1.29 is 14.3 Å². The summed E-state index contributed by atoms with van der Waals surface area (Å²) in [5.74, 6) is 0.987. The summed E-state index contributed by atoms with van der Waals surface area (Å²) in [4.78, 5) is 13.9. The Balaban J connectivity index is 1.46. The summed E-state index contributed by atoms with van der Waals surface area (Å²) in [5, 5.41) is 2.99. The van der Waals surface area contributed by atoms with Gasteiger partial charge in [0.1, 0.15) is 5.75 Å². The lowest BCUT2D eigenvalue weighted by Gasteiger charge is -2.40. The van der Waals surface area contributed by atoms with E-state index in [4.69, 9.17) is 9.47 Å². The van der Waals surface area contributed by atoms with E-state index < -0.39 is 0 Å². The number of methoxy groups -OCH3 is 1. The van der Waals surface area contributed by atoms with Crippen LogP contribution in [0.5, 0.6) is 5.75 Å². The SMILES string of the molecule is COc1ccc(/C=C/CN2CCC3(CC2)CNC(=O)CCO3)cc1. The van der Waals surface area contributed by atoms with Gasteiger partial charge in [-0.3, -0.25) is 9.69 Å². The molecule has 5 nitrogen and oxygen atoms in total. The summed E-state index contributed by atoms with van der Waals surface area (Å²) in [7, 11) is 1.68. The van der Waals surface area contributed by atoms with Crippen molar-refractivity contribution >= 4 is 12.0 Å². The van der Waals surface area contributed by atoms with Crippen molar-refractivity contribution in [1.29, 1.82) is 0 Å². The molecule has 0 radical (unpaired) electrons. The van der Waals surface area contributed by atoms with Crippen molar-refractivity contribution in [3.05, 3.63) is 35.9 Å². The average molecular weight is 330 g/mol. The number of hydrogen-bond donors (Lipinski definition) is 1. The van der Waals surface area contributed by atoms with E-state index in [-0.39, 0.29) is 11.5 Å². The molecule has 0 aromatic heterocycles. The molecule has 1 aromatic carbocycles. The quantitative estimate of drug-likeness (QED) is 0.918. The second-order valence-electron chi connectivity index (χ2n) is 6.53. The fourth-order valence-corrected chi connectivity index (χ4v) is 3.28. The van der Waals surface area contributed by atoms with Crippen molar-refractivity contribution in [2.45, 2.75) is 24.9 Å². The molecule has 2 aliphatic heterocycles. The molecular formula is C19H26N2O3. The largest absolute Gasteiger partial charge is 0.497 e. The van der Waals surface area contributed by atoms with Crippen molar-refractivity contribution in [3.8, 4) is 5.75 Å². The number of carbonyl (C=O) groups is 1. The number of ether oxygens (including phenoxy) is 2. The highest BCUT2D eigenvalue weighted by atomic mass is 16.5. The van der Waals surface area contributed by atoms with Gasteiger partial charge in [-0.05, 0) is 30.5 Å². The number of likely N-dealkylation sites (tertiary alicyclic amines) is 1. The van der Waals surface area contributed by atoms with Crippen molar-refractivity contribution in [2.75, 3.05) is 39.9 Å². The van der Waals surface area contributed by atoms with Crippen LogP contribution in [-0.2, 0) is 9.53 Å². The van der Waals surface area contributed by atoms with E-state index in [1.165, 1.54) is 5.56 Å². The number of hydrogen-bond acceptors (Lipinski definition) is 4. The molecule has 0 aliphatic carbocycles. The molecule has 5 heteroatoms. The zero-order valence-electron chi connectivity index (χ0n) is 14.3. The fourth-order valence-electron chi connectivity index (χ4n) is 3.28. The van der Waals surface area contributed by atoms with E-state index in [1.54, 1.807) is 7.11 Å². The number of nitrogens with one attached hydrogen (secondary N) is 1. The number of amides is 1. The van der Waals surface area contributed by atoms with Gasteiger partial charge in [0.15, 0.2) is 0 Å². The standard InChI is InChI=1S/C19H26N2O3/c1-23-17-6-4-16(5-7-17)3-2-11-21-12-9-19(10-13-21)15-20-18(22)8-14-24-19/h2-7H,8-15H2,1H3,(H,20,22)/b3-2+. The zero-order chi connectivity index (χ0) is 16.8. The summed E-state index contributed by atoms with van der Waals surface area (Å²) < 4.78 is 11.2. The lowest BCUT2D eigenvalue weighted by atomic mass is 9.91. The van der Waals surface area contributed by atoms with Crippen LogP contribution >= 0.6 is 0 Å². The average Bonchev–Trinajstić information content (AvgIpc) is 2.80. The molecule has 130 valence electrons. The van der Waals surface area contributed by atoms with Crippen molar-refractivity contribution in [3.63, 3.8) is 0 Å². The normalized spacial score (nSPS) is 21.6. The molecule has 0 unspecified atom stereocenters. The van der Waals surface area contributed by atoms with Gasteiger partial charge < -0.3 is 14.8 Å². The molecule has 1 spiro atoms. The fraction of sp³-hybridized carbons (Fsp3) is 0.526. The van der Waals surface area contributed by atoms with E-state index in [0.29, 0.717) is 19.6 Å². The minimum absolute atomic E-state index is 0.108. The van der Waals surface area contributed by atoms with E-state index in [1.807, 2.05) is 12.1 Å². The molecule has 2 heterocycles. The first-order chi connectivity index (χ1) is 11.7. The summed E-state index contributed by atoms with van der Waals surface area (Å²) in [6, 6.07) is 8.06. The first kappa shape index (κ1) is 17.0. The minimum Gasteiger partial charge on any atom is -0.497 e. The molecule has 0 atom stereocenters. The molecule has 2 saturated heterocycles. The first-order valence-electron chi connectivity index (χ1n) is 8.63. The zero-order valence-corrected chi connectivity index (χ0v) is 14.3. The third kappa shape index (κ3) is 4.36. The molecule has 1 amide bonds. The first-order valence-corrected chi connectivity index (χ1v) is 8.63. The Bertz CT molecular complexity index is 575. The predicted octanol–water partition coefficient (Wildman–Crippen LogP) is 2.08. The Labute approximate surface area is 143 Å². The maximum Gasteiger partial charge on any atom is 0.222 e. The van der Waals surface area contributed by atoms with Gasteiger partial charge in [-0.2, -0.15) is 0 Å². The molecule has 2 fully saturated rings. The van der Waals surface area contributed by atoms with Crippen LogP contribution in [0.1, 0.15) is 24.8 Å². The Morgan fingerprint density at radius 1 is 1.29 bits per heavy atom. The number of piperidine rings is 1. The van der Waals surface area contributed by atoms with Crippen LogP contribution in [0.2, 0.25) is 0 Å². The number of benzene rings is 1. The Kier molecular flexibility index (Phi) is 5.53. The highest BCUT2D eigenvalue weighted by Crippen LogP contribution is 2.27. The van der Waals surface area contributed by atoms with Crippen LogP contribution in [0.4, 0.5) is 0 Å². The molecular weight excluding hydrogens is 304 g/mol. The van der Waals surface area contributed by atoms with Gasteiger partial charge in [0, 0.05) is 32.6 Å². The van der Waals surface area contributed by atoms with E-state index in [0.717, 1.165) is 38.2 Å². The third-order valence-electron chi connectivity index (χ3n) is 4.90. The monoisotopic (exact) mass is 330 g/mol. The second-order valence-corrected chi connectivity index (χ2v) is 6.53. The predicted molar refractivity (Wildman–Crippen MR) is 94.0 cm³/mol. The van der Waals surface area contributed by atoms with Crippen molar-refractivity contribution in [1.82, 2.24) is 10.2 Å². The van der Waals surface area contributed by atoms with E-state index in [9.17, 15) is 4.79 Å². The van der Waals surface area contributed by atoms with Crippen LogP contribution < -0.4 is 10.1 Å². The maximum atomic E-state index is 11.5. The van der Waals surface area contributed by atoms with Crippen molar-refractivity contribution in [2.24, 2.45) is 0 Å². The van der Waals surface area contributed by atoms with E-state index in [2.05, 4.69) is 34.5 Å². The third-order valence-corrected chi connectivity index (χ3v) is 4.90. The summed E-state index contributed by atoms with van der Waals surface area (Å²) in [5.41, 5.74) is 1.03. The summed E-state index contributed by atoms with van der Waals surface area (Å²) in [6.07, 6.45) is 6.78. The van der Waals surface area contributed by atoms with Gasteiger partial charge in [-0.15, -0.1) is 0 Å². The van der Waals surface area contributed by atoms with Gasteiger partial charge in [-0.25, -0.2) is 0 Å². The topological polar surface area (TPSA) is 50.8 Å². The molecule has 2 aliphatic rings. The molecule has 24 heavy (non-hydrogen) atoms. The lowest BCUT2D eigenvalue weighted by molar-refractivity contribution is -0.120. The smallest absolute Gasteiger partial charge is 0.222 e. The summed E-state index contributed by atoms with van der Waals surface area (Å²) in [6.45, 7) is 4.14. The van der Waals surface area contributed by atoms with Crippen LogP contribution in [0.25, 0.3) is 6.08 Å². The molecule has 1 aromatic rings. The second kappa shape index (κ2) is 7.81. The number of rotatable bonds is 4. The van der Waals surface area contributed by atoms with Gasteiger partial charge in [-0.1, -0.05) is 24.3 Å². The highest BCUT2D eigenvalue weighted by molar-refractivity contribution is 5.76. The molecule has 0 bridgehead atoms. The molecule has 1 N–H and O–H groups in total. The van der Waals surface area contributed by atoms with Crippen LogP contribution in [-0.4, -0.2) is 56.3 Å². The number of nitrogens with zero attached hydrogens (tertiary/aromatic N) is 1. The Morgan fingerprint density at radius 2 is 2.04 bits per heavy atom. The summed E-state index contributed by atoms with van der Waals surface area (Å²) >= 11 is 0. The van der Waals surface area contributed by atoms with Gasteiger partial charge in [0.2, 0.25) is 5.91 Å². The van der Waals surface area contributed by atoms with Crippen LogP contribution in [0.15, 0.2) is 30.3 Å². The lowest BCUT2D eigenvalue weighted by Crippen LogP contribution is -2.51.